The molecule has 0 spiro atoms. The molecule has 0 bridgehead atoms. The van der Waals surface area contributed by atoms with E-state index in [1.807, 2.05) is 18.2 Å². The standard InChI is InChI=1S/C23H19F2N5O/c1-13(31)28-17-8-15(19-4-3-16(24)11-20(19)25)9-18(12-17)29-23-5-2-14(10-21(23)26)22-6-7-27-30-22/h2-12,29H,26H2,1H3,(H,27,30)(H,28,31). The van der Waals surface area contributed by atoms with Crippen molar-refractivity contribution in [2.45, 2.75) is 6.92 Å². The van der Waals surface area contributed by atoms with E-state index in [-0.39, 0.29) is 11.5 Å². The number of nitrogens with one attached hydrogen (secondary N) is 3. The maximum atomic E-state index is 14.4. The fraction of sp³-hybridized carbons (Fsp3) is 0.0435. The number of aromatic nitrogens is 2. The van der Waals surface area contributed by atoms with E-state index in [0.717, 1.165) is 17.3 Å². The van der Waals surface area contributed by atoms with Crippen LogP contribution < -0.4 is 16.4 Å². The molecule has 0 radical (unpaired) electrons. The van der Waals surface area contributed by atoms with Crippen molar-refractivity contribution in [2.75, 3.05) is 16.4 Å². The van der Waals surface area contributed by atoms with Gasteiger partial charge in [-0.1, -0.05) is 6.07 Å². The fourth-order valence-electron chi connectivity index (χ4n) is 3.27. The molecule has 0 aliphatic rings. The Kier molecular flexibility index (Phi) is 5.36. The summed E-state index contributed by atoms with van der Waals surface area (Å²) in [5.41, 5.74) is 10.8. The number of hydrogen-bond acceptors (Lipinski definition) is 4. The third-order valence-electron chi connectivity index (χ3n) is 4.64. The third kappa shape index (κ3) is 4.53. The van der Waals surface area contributed by atoms with E-state index >= 15 is 0 Å². The summed E-state index contributed by atoms with van der Waals surface area (Å²) in [5.74, 6) is -1.64. The SMILES string of the molecule is CC(=O)Nc1cc(Nc2ccc(-c3ccn[nH]3)cc2N)cc(-c2ccc(F)cc2F)c1. The average molecular weight is 419 g/mol. The first-order valence-corrected chi connectivity index (χ1v) is 9.43. The van der Waals surface area contributed by atoms with E-state index < -0.39 is 11.6 Å². The molecule has 6 nitrogen and oxygen atoms in total. The Labute approximate surface area is 177 Å². The minimum atomic E-state index is -0.700. The van der Waals surface area contributed by atoms with E-state index in [0.29, 0.717) is 28.3 Å². The number of carbonyl (C=O) groups is 1. The Hall–Kier alpha value is -4.20. The highest BCUT2D eigenvalue weighted by Crippen LogP contribution is 2.33. The Morgan fingerprint density at radius 2 is 1.77 bits per heavy atom. The van der Waals surface area contributed by atoms with Gasteiger partial charge >= 0.3 is 0 Å². The van der Waals surface area contributed by atoms with Gasteiger partial charge in [0.25, 0.3) is 0 Å². The normalized spacial score (nSPS) is 10.7. The van der Waals surface area contributed by atoms with Crippen molar-refractivity contribution in [2.24, 2.45) is 0 Å². The predicted octanol–water partition coefficient (Wildman–Crippen LogP) is 5.31. The molecule has 156 valence electrons. The van der Waals surface area contributed by atoms with Crippen LogP contribution in [-0.2, 0) is 4.79 Å². The molecule has 0 unspecified atom stereocenters. The Balaban J connectivity index is 1.71. The maximum absolute atomic E-state index is 14.4. The van der Waals surface area contributed by atoms with Gasteiger partial charge in [-0.2, -0.15) is 5.10 Å². The molecule has 8 heteroatoms. The highest BCUT2D eigenvalue weighted by atomic mass is 19.1. The van der Waals surface area contributed by atoms with Crippen LogP contribution in [0.25, 0.3) is 22.4 Å². The van der Waals surface area contributed by atoms with Gasteiger partial charge in [0.2, 0.25) is 5.91 Å². The van der Waals surface area contributed by atoms with Gasteiger partial charge in [-0.15, -0.1) is 0 Å². The lowest BCUT2D eigenvalue weighted by Crippen LogP contribution is -2.06. The smallest absolute Gasteiger partial charge is 0.221 e. The van der Waals surface area contributed by atoms with Gasteiger partial charge < -0.3 is 16.4 Å². The summed E-state index contributed by atoms with van der Waals surface area (Å²) in [7, 11) is 0. The van der Waals surface area contributed by atoms with E-state index in [9.17, 15) is 13.6 Å². The minimum absolute atomic E-state index is 0.208. The van der Waals surface area contributed by atoms with E-state index in [4.69, 9.17) is 5.73 Å². The highest BCUT2D eigenvalue weighted by molar-refractivity contribution is 5.91. The van der Waals surface area contributed by atoms with Gasteiger partial charge in [-0.25, -0.2) is 8.78 Å². The number of H-pyrrole nitrogens is 1. The Bertz CT molecular complexity index is 1260. The molecule has 0 saturated carbocycles. The van der Waals surface area contributed by atoms with Gasteiger partial charge in [-0.05, 0) is 54.1 Å². The number of nitrogen functional groups attached to an aromatic ring is 1. The summed E-state index contributed by atoms with van der Waals surface area (Å²) in [6, 6.07) is 15.7. The van der Waals surface area contributed by atoms with Crippen molar-refractivity contribution in [3.63, 3.8) is 0 Å². The molecular weight excluding hydrogens is 400 g/mol. The van der Waals surface area contributed by atoms with Crippen LogP contribution in [0.3, 0.4) is 0 Å². The maximum Gasteiger partial charge on any atom is 0.221 e. The molecule has 0 aliphatic carbocycles. The number of nitrogens with two attached hydrogens (primary N) is 1. The molecule has 4 rings (SSSR count). The van der Waals surface area contributed by atoms with Crippen LogP contribution in [0.2, 0.25) is 0 Å². The van der Waals surface area contributed by atoms with Gasteiger partial charge in [0, 0.05) is 41.7 Å². The van der Waals surface area contributed by atoms with Crippen LogP contribution in [0.15, 0.2) is 66.9 Å². The summed E-state index contributed by atoms with van der Waals surface area (Å²) < 4.78 is 27.7. The number of amides is 1. The zero-order chi connectivity index (χ0) is 22.0. The summed E-state index contributed by atoms with van der Waals surface area (Å²) >= 11 is 0. The summed E-state index contributed by atoms with van der Waals surface area (Å²) in [4.78, 5) is 11.6. The first-order valence-electron chi connectivity index (χ1n) is 9.43. The van der Waals surface area contributed by atoms with Crippen LogP contribution in [0, 0.1) is 11.6 Å². The molecule has 5 N–H and O–H groups in total. The topological polar surface area (TPSA) is 95.8 Å². The molecule has 1 aromatic heterocycles. The molecule has 0 saturated heterocycles. The van der Waals surface area contributed by atoms with Gasteiger partial charge in [0.15, 0.2) is 0 Å². The van der Waals surface area contributed by atoms with E-state index in [2.05, 4.69) is 20.8 Å². The monoisotopic (exact) mass is 419 g/mol. The zero-order valence-corrected chi connectivity index (χ0v) is 16.5. The number of hydrogen-bond donors (Lipinski definition) is 4. The quantitative estimate of drug-likeness (QED) is 0.330. The van der Waals surface area contributed by atoms with Crippen molar-refractivity contribution >= 4 is 28.7 Å². The lowest BCUT2D eigenvalue weighted by Gasteiger charge is -2.15. The van der Waals surface area contributed by atoms with Crippen molar-refractivity contribution in [3.05, 3.63) is 78.5 Å². The number of carbonyl (C=O) groups excluding carboxylic acids is 1. The third-order valence-corrected chi connectivity index (χ3v) is 4.64. The number of rotatable bonds is 5. The summed E-state index contributed by atoms with van der Waals surface area (Å²) in [6.45, 7) is 1.38. The number of anilines is 4. The number of halogens is 2. The number of benzene rings is 3. The Morgan fingerprint density at radius 1 is 0.968 bits per heavy atom. The second-order valence-corrected chi connectivity index (χ2v) is 7.00. The number of aromatic amines is 1. The molecule has 0 fully saturated rings. The molecule has 1 heterocycles. The summed E-state index contributed by atoms with van der Waals surface area (Å²) in [5, 5.41) is 12.7. The largest absolute Gasteiger partial charge is 0.397 e. The van der Waals surface area contributed by atoms with Crippen LogP contribution in [0.5, 0.6) is 0 Å². The van der Waals surface area contributed by atoms with Crippen molar-refractivity contribution < 1.29 is 13.6 Å². The van der Waals surface area contributed by atoms with Crippen LogP contribution >= 0.6 is 0 Å². The second kappa shape index (κ2) is 8.27. The molecular formula is C23H19F2N5O. The molecule has 4 aromatic rings. The molecule has 0 atom stereocenters. The first-order chi connectivity index (χ1) is 14.9. The summed E-state index contributed by atoms with van der Waals surface area (Å²) in [6.07, 6.45) is 1.65. The zero-order valence-electron chi connectivity index (χ0n) is 16.5. The minimum Gasteiger partial charge on any atom is -0.397 e. The van der Waals surface area contributed by atoms with Crippen LogP contribution in [-0.4, -0.2) is 16.1 Å². The lowest BCUT2D eigenvalue weighted by molar-refractivity contribution is -0.114. The van der Waals surface area contributed by atoms with Gasteiger partial charge in [0.05, 0.1) is 17.1 Å². The van der Waals surface area contributed by atoms with Crippen molar-refractivity contribution in [1.29, 1.82) is 0 Å². The van der Waals surface area contributed by atoms with E-state index in [1.165, 1.54) is 19.1 Å². The number of nitrogens with zero attached hydrogens (tertiary/aromatic N) is 1. The van der Waals surface area contributed by atoms with Gasteiger partial charge in [0.1, 0.15) is 11.6 Å². The van der Waals surface area contributed by atoms with Crippen molar-refractivity contribution in [1.82, 2.24) is 10.2 Å². The second-order valence-electron chi connectivity index (χ2n) is 7.00. The lowest BCUT2D eigenvalue weighted by atomic mass is 10.0. The van der Waals surface area contributed by atoms with Crippen molar-refractivity contribution in [3.8, 4) is 22.4 Å². The fourth-order valence-corrected chi connectivity index (χ4v) is 3.27. The first kappa shape index (κ1) is 20.1. The Morgan fingerprint density at radius 3 is 2.45 bits per heavy atom. The molecule has 1 amide bonds. The van der Waals surface area contributed by atoms with Crippen LogP contribution in [0.4, 0.5) is 31.5 Å². The van der Waals surface area contributed by atoms with Gasteiger partial charge in [-0.3, -0.25) is 9.89 Å². The van der Waals surface area contributed by atoms with Crippen LogP contribution in [0.1, 0.15) is 6.92 Å². The predicted molar refractivity (Wildman–Crippen MR) is 118 cm³/mol. The average Bonchev–Trinajstić information content (AvgIpc) is 3.23. The highest BCUT2D eigenvalue weighted by Gasteiger charge is 2.11. The molecule has 3 aromatic carbocycles. The molecule has 31 heavy (non-hydrogen) atoms. The van der Waals surface area contributed by atoms with E-state index in [1.54, 1.807) is 30.5 Å². The molecule has 0 aliphatic heterocycles.